The van der Waals surface area contributed by atoms with Crippen molar-refractivity contribution in [2.45, 2.75) is 25.4 Å². The molecule has 2 fully saturated rings. The van der Waals surface area contributed by atoms with E-state index >= 15 is 0 Å². The number of nitrogens with zero attached hydrogens (tertiary/aromatic N) is 4. The summed E-state index contributed by atoms with van der Waals surface area (Å²) in [6.07, 6.45) is 5.11. The van der Waals surface area contributed by atoms with E-state index in [-0.39, 0.29) is 24.2 Å². The van der Waals surface area contributed by atoms with Crippen LogP contribution < -0.4 is 10.5 Å². The molecule has 3 rings (SSSR count). The number of ether oxygens (including phenoxy) is 2. The zero-order chi connectivity index (χ0) is 17.6. The lowest BCUT2D eigenvalue weighted by Crippen LogP contribution is -2.50. The zero-order valence-corrected chi connectivity index (χ0v) is 14.7. The molecule has 0 aromatic carbocycles. The second-order valence-corrected chi connectivity index (χ2v) is 6.55. The van der Waals surface area contributed by atoms with Gasteiger partial charge in [-0.25, -0.2) is 4.68 Å². The fraction of sp³-hybridized carbons (Fsp3) is 0.706. The largest absolute Gasteiger partial charge is 0.376 e. The third kappa shape index (κ3) is 4.79. The van der Waals surface area contributed by atoms with E-state index in [1.165, 1.54) is 11.1 Å². The minimum atomic E-state index is -0.130. The highest BCUT2D eigenvalue weighted by Crippen LogP contribution is 2.14. The normalized spacial score (nSPS) is 21.4. The Morgan fingerprint density at radius 2 is 2.12 bits per heavy atom. The van der Waals surface area contributed by atoms with E-state index in [4.69, 9.17) is 9.47 Å². The molecule has 2 aliphatic rings. The first kappa shape index (κ1) is 17.9. The molecule has 1 unspecified atom stereocenters. The van der Waals surface area contributed by atoms with Gasteiger partial charge in [0.25, 0.3) is 5.56 Å². The molecule has 1 aromatic rings. The maximum Gasteiger partial charge on any atom is 0.268 e. The summed E-state index contributed by atoms with van der Waals surface area (Å²) in [5, 5.41) is 4.04. The van der Waals surface area contributed by atoms with Crippen molar-refractivity contribution in [2.75, 3.05) is 50.9 Å². The third-order valence-corrected chi connectivity index (χ3v) is 4.75. The minimum absolute atomic E-state index is 0.0116. The van der Waals surface area contributed by atoms with Gasteiger partial charge >= 0.3 is 0 Å². The number of amides is 1. The van der Waals surface area contributed by atoms with E-state index in [0.29, 0.717) is 32.8 Å². The quantitative estimate of drug-likeness (QED) is 0.745. The van der Waals surface area contributed by atoms with E-state index in [1.807, 2.05) is 4.90 Å². The van der Waals surface area contributed by atoms with Crippen molar-refractivity contribution < 1.29 is 14.3 Å². The predicted octanol–water partition coefficient (Wildman–Crippen LogP) is 0.0146. The highest BCUT2D eigenvalue weighted by atomic mass is 16.5. The van der Waals surface area contributed by atoms with E-state index in [1.54, 1.807) is 19.3 Å². The topological polar surface area (TPSA) is 76.9 Å². The van der Waals surface area contributed by atoms with Crippen LogP contribution in [-0.2, 0) is 21.3 Å². The van der Waals surface area contributed by atoms with Crippen LogP contribution in [0.2, 0.25) is 0 Å². The lowest BCUT2D eigenvalue weighted by atomic mass is 10.1. The van der Waals surface area contributed by atoms with Gasteiger partial charge in [0.1, 0.15) is 6.61 Å². The molecule has 2 aliphatic heterocycles. The van der Waals surface area contributed by atoms with Crippen LogP contribution in [0.1, 0.15) is 19.3 Å². The molecule has 0 aliphatic carbocycles. The second-order valence-electron chi connectivity index (χ2n) is 6.55. The first-order chi connectivity index (χ1) is 12.1. The Kier molecular flexibility index (Phi) is 6.04. The summed E-state index contributed by atoms with van der Waals surface area (Å²) in [6.45, 7) is 4.01. The van der Waals surface area contributed by atoms with Gasteiger partial charge in [0, 0.05) is 45.9 Å². The lowest BCUT2D eigenvalue weighted by molar-refractivity contribution is -0.138. The van der Waals surface area contributed by atoms with Gasteiger partial charge in [0.15, 0.2) is 0 Å². The summed E-state index contributed by atoms with van der Waals surface area (Å²) < 4.78 is 12.4. The van der Waals surface area contributed by atoms with Crippen LogP contribution in [0, 0.1) is 0 Å². The zero-order valence-electron chi connectivity index (χ0n) is 14.7. The van der Waals surface area contributed by atoms with Gasteiger partial charge in [-0.2, -0.15) is 5.10 Å². The van der Waals surface area contributed by atoms with Crippen LogP contribution in [0.4, 0.5) is 5.69 Å². The number of carbonyl (C=O) groups excluding carboxylic acids is 1. The minimum Gasteiger partial charge on any atom is -0.376 e. The number of rotatable bonds is 5. The highest BCUT2D eigenvalue weighted by Gasteiger charge is 2.22. The standard InChI is InChI=1S/C17H26N4O4/c1-19-16(22)10-14(11-18-19)20-5-7-21(8-6-20)17(23)13-24-12-15-4-2-3-9-25-15/h10-11,15H,2-9,12-13H2,1H3. The molecule has 0 radical (unpaired) electrons. The van der Waals surface area contributed by atoms with Crippen LogP contribution in [-0.4, -0.2) is 72.7 Å². The Morgan fingerprint density at radius 1 is 1.32 bits per heavy atom. The van der Waals surface area contributed by atoms with E-state index in [2.05, 4.69) is 10.00 Å². The average molecular weight is 350 g/mol. The molecule has 1 amide bonds. The molecule has 8 heteroatoms. The van der Waals surface area contributed by atoms with Crippen molar-refractivity contribution in [2.24, 2.45) is 7.05 Å². The number of hydrogen-bond acceptors (Lipinski definition) is 6. The molecule has 1 aromatic heterocycles. The van der Waals surface area contributed by atoms with Crippen molar-refractivity contribution >= 4 is 11.6 Å². The molecular weight excluding hydrogens is 324 g/mol. The lowest BCUT2D eigenvalue weighted by Gasteiger charge is -2.35. The van der Waals surface area contributed by atoms with Crippen LogP contribution >= 0.6 is 0 Å². The van der Waals surface area contributed by atoms with Gasteiger partial charge in [-0.3, -0.25) is 9.59 Å². The summed E-state index contributed by atoms with van der Waals surface area (Å²) in [4.78, 5) is 27.8. The maximum atomic E-state index is 12.3. The SMILES string of the molecule is Cn1ncc(N2CCN(C(=O)COCC3CCCCO3)CC2)cc1=O. The Labute approximate surface area is 147 Å². The average Bonchev–Trinajstić information content (AvgIpc) is 2.65. The fourth-order valence-corrected chi connectivity index (χ4v) is 3.15. The smallest absolute Gasteiger partial charge is 0.268 e. The van der Waals surface area contributed by atoms with Crippen molar-refractivity contribution in [1.29, 1.82) is 0 Å². The van der Waals surface area contributed by atoms with E-state index < -0.39 is 0 Å². The molecule has 0 spiro atoms. The Morgan fingerprint density at radius 3 is 2.80 bits per heavy atom. The molecule has 0 bridgehead atoms. The van der Waals surface area contributed by atoms with Crippen LogP contribution in [0.5, 0.6) is 0 Å². The summed E-state index contributed by atoms with van der Waals surface area (Å²) >= 11 is 0. The van der Waals surface area contributed by atoms with Crippen molar-refractivity contribution in [3.8, 4) is 0 Å². The number of aryl methyl sites for hydroxylation is 1. The Balaban J connectivity index is 1.41. The summed E-state index contributed by atoms with van der Waals surface area (Å²) in [6, 6.07) is 1.58. The molecular formula is C17H26N4O4. The number of piperazine rings is 1. The number of aromatic nitrogens is 2. The van der Waals surface area contributed by atoms with Gasteiger partial charge in [-0.15, -0.1) is 0 Å². The molecule has 8 nitrogen and oxygen atoms in total. The summed E-state index contributed by atoms with van der Waals surface area (Å²) in [7, 11) is 1.63. The number of hydrogen-bond donors (Lipinski definition) is 0. The third-order valence-electron chi connectivity index (χ3n) is 4.75. The first-order valence-corrected chi connectivity index (χ1v) is 8.89. The van der Waals surface area contributed by atoms with Gasteiger partial charge in [0.05, 0.1) is 24.6 Å². The molecule has 0 saturated carbocycles. The van der Waals surface area contributed by atoms with Gasteiger partial charge in [-0.1, -0.05) is 0 Å². The Hall–Kier alpha value is -1.93. The van der Waals surface area contributed by atoms with Gasteiger partial charge in [0.2, 0.25) is 5.91 Å². The molecule has 0 N–H and O–H groups in total. The molecule has 1 atom stereocenters. The van der Waals surface area contributed by atoms with Gasteiger partial charge < -0.3 is 19.3 Å². The van der Waals surface area contributed by atoms with Crippen LogP contribution in [0.25, 0.3) is 0 Å². The first-order valence-electron chi connectivity index (χ1n) is 8.89. The fourth-order valence-electron chi connectivity index (χ4n) is 3.15. The monoisotopic (exact) mass is 350 g/mol. The molecule has 3 heterocycles. The molecule has 2 saturated heterocycles. The Bertz CT molecular complexity index is 634. The van der Waals surface area contributed by atoms with Crippen molar-refractivity contribution in [1.82, 2.24) is 14.7 Å². The van der Waals surface area contributed by atoms with Crippen molar-refractivity contribution in [3.05, 3.63) is 22.6 Å². The van der Waals surface area contributed by atoms with Crippen molar-refractivity contribution in [3.63, 3.8) is 0 Å². The predicted molar refractivity (Wildman–Crippen MR) is 92.7 cm³/mol. The molecule has 25 heavy (non-hydrogen) atoms. The van der Waals surface area contributed by atoms with E-state index in [0.717, 1.165) is 25.1 Å². The maximum absolute atomic E-state index is 12.3. The van der Waals surface area contributed by atoms with Gasteiger partial charge in [-0.05, 0) is 19.3 Å². The molecule has 138 valence electrons. The second kappa shape index (κ2) is 8.44. The van der Waals surface area contributed by atoms with E-state index in [9.17, 15) is 9.59 Å². The van der Waals surface area contributed by atoms with Crippen LogP contribution in [0.15, 0.2) is 17.1 Å². The van der Waals surface area contributed by atoms with Crippen LogP contribution in [0.3, 0.4) is 0 Å². The number of carbonyl (C=O) groups is 1. The summed E-state index contributed by atoms with van der Waals surface area (Å²) in [5.41, 5.74) is 0.676. The number of anilines is 1. The summed E-state index contributed by atoms with van der Waals surface area (Å²) in [5.74, 6) is 0.0116. The highest BCUT2D eigenvalue weighted by molar-refractivity contribution is 5.77.